The van der Waals surface area contributed by atoms with Crippen molar-refractivity contribution in [2.45, 2.75) is 399 Å². The molecule has 0 saturated carbocycles. The van der Waals surface area contributed by atoms with Gasteiger partial charge in [0.2, 0.25) is 11.4 Å². The van der Waals surface area contributed by atoms with E-state index in [0.29, 0.717) is 0 Å². The monoisotopic (exact) mass is 1210 g/mol. The summed E-state index contributed by atoms with van der Waals surface area (Å²) in [6, 6.07) is 14.6. The maximum absolute atomic E-state index is 12.5. The molecule has 1 aliphatic rings. The molecule has 2 aromatic rings. The van der Waals surface area contributed by atoms with Gasteiger partial charge in [-0.2, -0.15) is 0 Å². The van der Waals surface area contributed by atoms with E-state index in [4.69, 9.17) is 0 Å². The molecule has 0 atom stereocenters. The van der Waals surface area contributed by atoms with Crippen molar-refractivity contribution < 1.29 is 22.7 Å². The van der Waals surface area contributed by atoms with E-state index >= 15 is 0 Å². The Morgan fingerprint density at radius 3 is 0.753 bits per heavy atom. The van der Waals surface area contributed by atoms with Gasteiger partial charge >= 0.3 is 169 Å². The van der Waals surface area contributed by atoms with Gasteiger partial charge in [0.05, 0.1) is 0 Å². The van der Waals surface area contributed by atoms with Crippen LogP contribution < -0.4 is 0 Å². The first-order valence-corrected chi connectivity index (χ1v) is 38.8. The van der Waals surface area contributed by atoms with Crippen LogP contribution in [-0.2, 0) is 43.7 Å². The zero-order chi connectivity index (χ0) is 58.5. The Balaban J connectivity index is 0.000000596. The molecular formula is C78H138N2Pd. The van der Waals surface area contributed by atoms with Crippen molar-refractivity contribution in [3.05, 3.63) is 86.5 Å². The predicted octanol–water partition coefficient (Wildman–Crippen LogP) is 27.8. The third-order valence-electron chi connectivity index (χ3n) is 17.5. The van der Waals surface area contributed by atoms with Crippen LogP contribution in [0.15, 0.2) is 47.5 Å². The fourth-order valence-corrected chi connectivity index (χ4v) is 14.2. The molecular weight excluding hydrogens is 1070 g/mol. The van der Waals surface area contributed by atoms with E-state index in [2.05, 4.69) is 91.8 Å². The second-order valence-corrected chi connectivity index (χ2v) is 27.8. The topological polar surface area (TPSA) is 25.3 Å². The predicted molar refractivity (Wildman–Crippen MR) is 362 cm³/mol. The zero-order valence-corrected chi connectivity index (χ0v) is 57.4. The third-order valence-corrected chi connectivity index (χ3v) is 19.7. The van der Waals surface area contributed by atoms with Gasteiger partial charge in [-0.1, -0.05) is 183 Å². The van der Waals surface area contributed by atoms with E-state index < -0.39 is 0 Å². The number of rotatable bonds is 56. The van der Waals surface area contributed by atoms with Gasteiger partial charge in [-0.25, -0.2) is 4.70 Å². The maximum atomic E-state index is 12.5. The molecule has 0 radical (unpaired) electrons. The SMILES string of the molecule is CCCCCCCCC1=C(c2cc(CCCC)cc(CCCC)c2)[N+](=[N-])C(c2cc(CCCCC)cc(CCCCC)c2)=C1CCCC.CCCCCCCCCCCCCCC[CH2][Pd][CH2]CCCCCCCCCCCCCCC. The molecule has 0 N–H and O–H groups in total. The van der Waals surface area contributed by atoms with Gasteiger partial charge in [0.25, 0.3) is 0 Å². The fourth-order valence-electron chi connectivity index (χ4n) is 12.3. The molecule has 0 bridgehead atoms. The number of hydrogen-bond donors (Lipinski definition) is 0. The Kier molecular flexibility index (Phi) is 50.9. The van der Waals surface area contributed by atoms with Crippen molar-refractivity contribution in [1.82, 2.24) is 0 Å². The first-order valence-electron chi connectivity index (χ1n) is 36.6. The minimum atomic E-state index is 1.03. The summed E-state index contributed by atoms with van der Waals surface area (Å²) in [5, 5.41) is 0. The summed E-state index contributed by atoms with van der Waals surface area (Å²) < 4.78 is 1.67. The summed E-state index contributed by atoms with van der Waals surface area (Å²) in [6.45, 7) is 18.4. The smallest absolute Gasteiger partial charge is 0.0654 e. The van der Waals surface area contributed by atoms with Crippen LogP contribution in [0.4, 0.5) is 0 Å². The molecule has 2 nitrogen and oxygen atoms in total. The minimum absolute atomic E-state index is 1.03. The molecule has 3 heteroatoms. The van der Waals surface area contributed by atoms with Crippen molar-refractivity contribution in [3.63, 3.8) is 0 Å². The molecule has 0 aromatic heterocycles. The minimum Gasteiger partial charge on any atom is -0.0654 e. The van der Waals surface area contributed by atoms with Crippen LogP contribution in [0.5, 0.6) is 0 Å². The van der Waals surface area contributed by atoms with E-state index in [1.54, 1.807) is 14.5 Å². The Morgan fingerprint density at radius 2 is 0.457 bits per heavy atom. The molecule has 0 unspecified atom stereocenters. The van der Waals surface area contributed by atoms with Gasteiger partial charge in [-0.15, -0.1) is 0 Å². The first kappa shape index (κ1) is 75.3. The summed E-state index contributed by atoms with van der Waals surface area (Å²) >= 11 is 1.06. The summed E-state index contributed by atoms with van der Waals surface area (Å²) in [7, 11) is 0. The van der Waals surface area contributed by atoms with E-state index in [1.807, 2.05) is 0 Å². The van der Waals surface area contributed by atoms with Crippen LogP contribution in [0.25, 0.3) is 16.9 Å². The molecule has 1 heterocycles. The van der Waals surface area contributed by atoms with Crippen LogP contribution in [0.3, 0.4) is 0 Å². The first-order chi connectivity index (χ1) is 39.9. The number of benzene rings is 2. The number of aryl methyl sites for hydroxylation is 4. The standard InChI is InChI=1S/C46H72N2.2C16H33.Pd/c1-7-13-19-20-21-24-30-44-43(29-18-12-6)45(42-35-39(27-22-14-8-2)32-40(36-42)28-23-15-9-3)48(47)46(44)41-33-37(25-16-10-4)31-38(34-41)26-17-11-5;2*1-3-5-7-9-11-13-15-16-14-12-10-8-6-4-2;/h31-36H,7-30H2,1-6H3;2*1,3-16H2,2H3;. The van der Waals surface area contributed by atoms with Gasteiger partial charge in [0.1, 0.15) is 0 Å². The van der Waals surface area contributed by atoms with Crippen LogP contribution in [0.2, 0.25) is 9.79 Å². The summed E-state index contributed by atoms with van der Waals surface area (Å²) in [5.41, 5.74) is 25.7. The van der Waals surface area contributed by atoms with Crippen molar-refractivity contribution in [2.24, 2.45) is 0 Å². The Bertz CT molecular complexity index is 1750. The molecule has 0 fully saturated rings. The molecule has 0 amide bonds. The van der Waals surface area contributed by atoms with Crippen LogP contribution in [0.1, 0.15) is 397 Å². The van der Waals surface area contributed by atoms with Crippen LogP contribution in [0, 0.1) is 0 Å². The van der Waals surface area contributed by atoms with Crippen molar-refractivity contribution in [3.8, 4) is 0 Å². The molecule has 0 spiro atoms. The Hall–Kier alpha value is -1.82. The van der Waals surface area contributed by atoms with Crippen LogP contribution >= 0.6 is 0 Å². The molecule has 2 aromatic carbocycles. The summed E-state index contributed by atoms with van der Waals surface area (Å²) in [4.78, 5) is 3.09. The normalized spacial score (nSPS) is 12.7. The second kappa shape index (κ2) is 54.8. The number of allylic oxidation sites excluding steroid dienone is 2. The summed E-state index contributed by atoms with van der Waals surface area (Å²) in [5.74, 6) is 0. The quantitative estimate of drug-likeness (QED) is 0.0358. The molecule has 1 aliphatic heterocycles. The van der Waals surface area contributed by atoms with E-state index in [1.165, 1.54) is 327 Å². The van der Waals surface area contributed by atoms with Gasteiger partial charge < -0.3 is 5.53 Å². The van der Waals surface area contributed by atoms with Crippen LogP contribution in [-0.4, -0.2) is 4.70 Å². The van der Waals surface area contributed by atoms with Crippen molar-refractivity contribution in [1.29, 1.82) is 0 Å². The molecule has 0 saturated heterocycles. The van der Waals surface area contributed by atoms with Gasteiger partial charge in [-0.3, -0.25) is 0 Å². The molecule has 3 rings (SSSR count). The van der Waals surface area contributed by atoms with E-state index in [-0.39, 0.29) is 0 Å². The number of unbranched alkanes of at least 4 members (excludes halogenated alkanes) is 38. The third kappa shape index (κ3) is 37.4. The van der Waals surface area contributed by atoms with E-state index in [0.717, 1.165) is 80.7 Å². The molecule has 470 valence electrons. The molecule has 0 aliphatic carbocycles. The number of nitrogens with zero attached hydrogens (tertiary/aromatic N) is 2. The fraction of sp³-hybridized carbons (Fsp3) is 0.795. The van der Waals surface area contributed by atoms with Crippen molar-refractivity contribution >= 4 is 11.4 Å². The van der Waals surface area contributed by atoms with E-state index in [9.17, 15) is 5.53 Å². The Morgan fingerprint density at radius 1 is 0.247 bits per heavy atom. The average molecular weight is 1210 g/mol. The van der Waals surface area contributed by atoms with Gasteiger partial charge in [0, 0.05) is 22.3 Å². The number of hydrogen-bond acceptors (Lipinski definition) is 0. The molecule has 81 heavy (non-hydrogen) atoms. The zero-order valence-electron chi connectivity index (χ0n) is 55.9. The Labute approximate surface area is 516 Å². The summed E-state index contributed by atoms with van der Waals surface area (Å²) in [6.07, 6.45) is 70.4. The van der Waals surface area contributed by atoms with Gasteiger partial charge in [-0.05, 0) is 124 Å². The second-order valence-electron chi connectivity index (χ2n) is 25.5. The average Bonchev–Trinajstić information content (AvgIpc) is 4.03. The van der Waals surface area contributed by atoms with Crippen molar-refractivity contribution in [2.75, 3.05) is 0 Å². The van der Waals surface area contributed by atoms with Gasteiger partial charge in [0.15, 0.2) is 0 Å².